The summed E-state index contributed by atoms with van der Waals surface area (Å²) >= 11 is 0. The van der Waals surface area contributed by atoms with Crippen LogP contribution < -0.4 is 0 Å². The van der Waals surface area contributed by atoms with Crippen LogP contribution >= 0.6 is 0 Å². The summed E-state index contributed by atoms with van der Waals surface area (Å²) < 4.78 is 5.10. The molecule has 0 aromatic rings. The predicted molar refractivity (Wildman–Crippen MR) is 47.7 cm³/mol. The van der Waals surface area contributed by atoms with Crippen molar-refractivity contribution in [1.82, 2.24) is 0 Å². The maximum Gasteiger partial charge on any atom is 0.158 e. The Hall–Kier alpha value is -0.370. The molecule has 0 fully saturated rings. The Kier molecular flexibility index (Phi) is 11.6. The van der Waals surface area contributed by atoms with Crippen LogP contribution in [0.1, 0.15) is 41.0 Å². The molecule has 0 aliphatic rings. The minimum atomic E-state index is -0.218. The molecule has 0 spiro atoms. The van der Waals surface area contributed by atoms with Gasteiger partial charge < -0.3 is 4.74 Å². The molecule has 1 atom stereocenters. The third kappa shape index (κ3) is 9.63. The van der Waals surface area contributed by atoms with Crippen molar-refractivity contribution in [3.8, 4) is 0 Å². The number of hydrogen-bond acceptors (Lipinski definition) is 2. The Morgan fingerprint density at radius 3 is 2.18 bits per heavy atom. The number of ketones is 1. The first-order valence-electron chi connectivity index (χ1n) is 4.30. The molecule has 2 nitrogen and oxygen atoms in total. The van der Waals surface area contributed by atoms with Gasteiger partial charge in [0, 0.05) is 6.61 Å². The third-order valence-corrected chi connectivity index (χ3v) is 1.14. The average Bonchev–Trinajstić information content (AvgIpc) is 2.03. The van der Waals surface area contributed by atoms with E-state index in [9.17, 15) is 4.79 Å². The van der Waals surface area contributed by atoms with Gasteiger partial charge in [-0.25, -0.2) is 0 Å². The fourth-order valence-corrected chi connectivity index (χ4v) is 0.412. The highest BCUT2D eigenvalue weighted by Crippen LogP contribution is 1.92. The lowest BCUT2D eigenvalue weighted by atomic mass is 10.3. The maximum absolute atomic E-state index is 10.5. The van der Waals surface area contributed by atoms with E-state index >= 15 is 0 Å². The van der Waals surface area contributed by atoms with Gasteiger partial charge in [-0.3, -0.25) is 4.79 Å². The summed E-state index contributed by atoms with van der Waals surface area (Å²) in [6, 6.07) is 0. The topological polar surface area (TPSA) is 26.3 Å². The Bertz CT molecular complexity index is 89.6. The van der Waals surface area contributed by atoms with Gasteiger partial charge in [0.05, 0.1) is 0 Å². The van der Waals surface area contributed by atoms with Crippen LogP contribution in [0, 0.1) is 0 Å². The van der Waals surface area contributed by atoms with E-state index in [1.165, 1.54) is 0 Å². The molecule has 2 heteroatoms. The molecule has 68 valence electrons. The zero-order valence-corrected chi connectivity index (χ0v) is 8.31. The van der Waals surface area contributed by atoms with Gasteiger partial charge in [-0.05, 0) is 20.3 Å². The Balaban J connectivity index is 0. The molecule has 0 bridgehead atoms. The van der Waals surface area contributed by atoms with E-state index in [1.807, 2.05) is 20.8 Å². The highest BCUT2D eigenvalue weighted by atomic mass is 16.5. The fourth-order valence-electron chi connectivity index (χ4n) is 0.412. The summed E-state index contributed by atoms with van der Waals surface area (Å²) in [7, 11) is 0. The first kappa shape index (κ1) is 13.2. The predicted octanol–water partition coefficient (Wildman–Crippen LogP) is 2.42. The molecule has 0 amide bonds. The minimum Gasteiger partial charge on any atom is -0.371 e. The van der Waals surface area contributed by atoms with Crippen LogP contribution in [-0.2, 0) is 9.53 Å². The molecule has 0 aliphatic carbocycles. The van der Waals surface area contributed by atoms with E-state index in [1.54, 1.807) is 13.8 Å². The van der Waals surface area contributed by atoms with E-state index < -0.39 is 0 Å². The highest BCUT2D eigenvalue weighted by molar-refractivity contribution is 5.79. The lowest BCUT2D eigenvalue weighted by molar-refractivity contribution is -0.127. The molecule has 0 N–H and O–H groups in total. The summed E-state index contributed by atoms with van der Waals surface area (Å²) in [5, 5.41) is 0. The van der Waals surface area contributed by atoms with Crippen molar-refractivity contribution in [2.24, 2.45) is 0 Å². The lowest BCUT2D eigenvalue weighted by Gasteiger charge is -2.06. The standard InChI is InChI=1S/C7H14O2.C2H6/c1-4-5-9-7(3)6(2)8;1-2/h7H,4-5H2,1-3H3;1-2H3. The van der Waals surface area contributed by atoms with Gasteiger partial charge in [0.2, 0.25) is 0 Å². The van der Waals surface area contributed by atoms with Gasteiger partial charge in [-0.2, -0.15) is 0 Å². The molecule has 0 aromatic heterocycles. The first-order valence-corrected chi connectivity index (χ1v) is 4.30. The van der Waals surface area contributed by atoms with Crippen molar-refractivity contribution in [1.29, 1.82) is 0 Å². The van der Waals surface area contributed by atoms with Gasteiger partial charge in [-0.15, -0.1) is 0 Å². The summed E-state index contributed by atoms with van der Waals surface area (Å²) in [6.07, 6.45) is 0.752. The quantitative estimate of drug-likeness (QED) is 0.631. The van der Waals surface area contributed by atoms with E-state index in [4.69, 9.17) is 4.74 Å². The molecular formula is C9H20O2. The minimum absolute atomic E-state index is 0.100. The second kappa shape index (κ2) is 9.63. The molecular weight excluding hydrogens is 140 g/mol. The first-order chi connectivity index (χ1) is 5.18. The summed E-state index contributed by atoms with van der Waals surface area (Å²) in [4.78, 5) is 10.5. The van der Waals surface area contributed by atoms with Crippen LogP contribution in [-0.4, -0.2) is 18.5 Å². The molecule has 0 rings (SSSR count). The summed E-state index contributed by atoms with van der Waals surface area (Å²) in [5.74, 6) is 0.100. The number of hydrogen-bond donors (Lipinski definition) is 0. The fraction of sp³-hybridized carbons (Fsp3) is 0.889. The van der Waals surface area contributed by atoms with Crippen LogP contribution in [0.4, 0.5) is 0 Å². The van der Waals surface area contributed by atoms with Crippen molar-refractivity contribution in [2.45, 2.75) is 47.1 Å². The van der Waals surface area contributed by atoms with E-state index in [0.29, 0.717) is 6.61 Å². The largest absolute Gasteiger partial charge is 0.371 e. The molecule has 0 heterocycles. The van der Waals surface area contributed by atoms with E-state index in [0.717, 1.165) is 6.42 Å². The van der Waals surface area contributed by atoms with Gasteiger partial charge in [0.15, 0.2) is 5.78 Å². The van der Waals surface area contributed by atoms with Crippen molar-refractivity contribution in [2.75, 3.05) is 6.61 Å². The monoisotopic (exact) mass is 160 g/mol. The Morgan fingerprint density at radius 1 is 1.45 bits per heavy atom. The molecule has 0 aromatic carbocycles. The van der Waals surface area contributed by atoms with Crippen LogP contribution in [0.15, 0.2) is 0 Å². The second-order valence-electron chi connectivity index (χ2n) is 2.12. The number of rotatable bonds is 4. The molecule has 11 heavy (non-hydrogen) atoms. The van der Waals surface area contributed by atoms with E-state index in [2.05, 4.69) is 0 Å². The third-order valence-electron chi connectivity index (χ3n) is 1.14. The average molecular weight is 160 g/mol. The number of carbonyl (C=O) groups excluding carboxylic acids is 1. The van der Waals surface area contributed by atoms with Gasteiger partial charge in [0.1, 0.15) is 6.10 Å². The Labute approximate surface area is 69.9 Å². The van der Waals surface area contributed by atoms with Crippen LogP contribution in [0.2, 0.25) is 0 Å². The van der Waals surface area contributed by atoms with Crippen LogP contribution in [0.5, 0.6) is 0 Å². The maximum atomic E-state index is 10.5. The van der Waals surface area contributed by atoms with Crippen molar-refractivity contribution in [3.63, 3.8) is 0 Å². The molecule has 0 saturated heterocycles. The second-order valence-corrected chi connectivity index (χ2v) is 2.12. The molecule has 0 radical (unpaired) electrons. The van der Waals surface area contributed by atoms with Crippen LogP contribution in [0.3, 0.4) is 0 Å². The SMILES string of the molecule is CC.CCCOC(C)C(C)=O. The summed E-state index contributed by atoms with van der Waals surface area (Å²) in [5.41, 5.74) is 0. The van der Waals surface area contributed by atoms with E-state index in [-0.39, 0.29) is 11.9 Å². The molecule has 0 aliphatic heterocycles. The smallest absolute Gasteiger partial charge is 0.158 e. The molecule has 1 unspecified atom stereocenters. The lowest BCUT2D eigenvalue weighted by Crippen LogP contribution is -2.17. The highest BCUT2D eigenvalue weighted by Gasteiger charge is 2.04. The van der Waals surface area contributed by atoms with Crippen molar-refractivity contribution < 1.29 is 9.53 Å². The van der Waals surface area contributed by atoms with Gasteiger partial charge in [0.25, 0.3) is 0 Å². The zero-order chi connectivity index (χ0) is 9.28. The summed E-state index contributed by atoms with van der Waals surface area (Å²) in [6.45, 7) is 10.0. The number of carbonyl (C=O) groups is 1. The van der Waals surface area contributed by atoms with Crippen molar-refractivity contribution in [3.05, 3.63) is 0 Å². The number of ether oxygens (including phenoxy) is 1. The molecule has 0 saturated carbocycles. The van der Waals surface area contributed by atoms with Gasteiger partial charge in [-0.1, -0.05) is 20.8 Å². The van der Waals surface area contributed by atoms with Gasteiger partial charge >= 0.3 is 0 Å². The number of Topliss-reactive ketones (excluding diaryl/α,β-unsaturated/α-hetero) is 1. The van der Waals surface area contributed by atoms with Crippen LogP contribution in [0.25, 0.3) is 0 Å². The Morgan fingerprint density at radius 2 is 1.91 bits per heavy atom. The normalized spacial score (nSPS) is 11.4. The van der Waals surface area contributed by atoms with Crippen molar-refractivity contribution >= 4 is 5.78 Å². The zero-order valence-electron chi connectivity index (χ0n) is 8.31.